The van der Waals surface area contributed by atoms with Crippen LogP contribution < -0.4 is 5.32 Å². The zero-order valence-electron chi connectivity index (χ0n) is 17.1. The zero-order valence-corrected chi connectivity index (χ0v) is 17.1. The maximum absolute atomic E-state index is 13.2. The molecule has 29 heavy (non-hydrogen) atoms. The van der Waals surface area contributed by atoms with Crippen LogP contribution in [0.5, 0.6) is 0 Å². The van der Waals surface area contributed by atoms with Crippen molar-refractivity contribution in [3.8, 4) is 6.07 Å². The Morgan fingerprint density at radius 1 is 1.10 bits per heavy atom. The van der Waals surface area contributed by atoms with Crippen molar-refractivity contribution in [1.29, 1.82) is 5.26 Å². The molecule has 1 atom stereocenters. The number of allylic oxidation sites excluding steroid dienone is 1. The molecule has 1 N–H and O–H groups in total. The molecule has 2 rings (SSSR count). The molecule has 5 heteroatoms. The number of amides is 1. The minimum Gasteiger partial charge on any atom is -0.444 e. The van der Waals surface area contributed by atoms with E-state index in [1.54, 1.807) is 75.4 Å². The van der Waals surface area contributed by atoms with Crippen molar-refractivity contribution in [2.75, 3.05) is 5.32 Å². The van der Waals surface area contributed by atoms with Crippen LogP contribution in [-0.4, -0.2) is 17.5 Å². The number of nitrogens with one attached hydrogen (secondary N) is 1. The Hall–Kier alpha value is -3.39. The van der Waals surface area contributed by atoms with Crippen molar-refractivity contribution >= 4 is 17.6 Å². The predicted molar refractivity (Wildman–Crippen MR) is 114 cm³/mol. The molecule has 5 nitrogen and oxygen atoms in total. The van der Waals surface area contributed by atoms with Gasteiger partial charge in [-0.1, -0.05) is 54.6 Å². The van der Waals surface area contributed by atoms with E-state index in [9.17, 15) is 14.9 Å². The number of hydrogen-bond donors (Lipinski definition) is 1. The first kappa shape index (κ1) is 21.9. The molecule has 0 radical (unpaired) electrons. The second-order valence-corrected chi connectivity index (χ2v) is 7.84. The molecule has 0 aliphatic carbocycles. The van der Waals surface area contributed by atoms with Gasteiger partial charge in [-0.05, 0) is 38.8 Å². The van der Waals surface area contributed by atoms with Gasteiger partial charge in [-0.3, -0.25) is 10.1 Å². The summed E-state index contributed by atoms with van der Waals surface area (Å²) >= 11 is 0. The highest BCUT2D eigenvalue weighted by Gasteiger charge is 2.39. The number of para-hydroxylation sites is 1. The molecule has 0 aliphatic rings. The zero-order chi connectivity index (χ0) is 21.5. The van der Waals surface area contributed by atoms with Crippen molar-refractivity contribution in [3.63, 3.8) is 0 Å². The van der Waals surface area contributed by atoms with Gasteiger partial charge < -0.3 is 4.74 Å². The third-order valence-corrected chi connectivity index (χ3v) is 4.32. The van der Waals surface area contributed by atoms with Gasteiger partial charge in [0.25, 0.3) is 0 Å². The number of rotatable bonds is 7. The largest absolute Gasteiger partial charge is 0.444 e. The number of ketones is 1. The van der Waals surface area contributed by atoms with Gasteiger partial charge in [0, 0.05) is 17.7 Å². The number of carbonyl (C=O) groups excluding carboxylic acids is 2. The molecule has 2 aromatic rings. The molecule has 0 aliphatic heterocycles. The SMILES string of the molecule is C=CC[C@@](C#N)(Cc1ccccc1NC(=O)OC(C)(C)C)C(=O)c1ccccc1. The van der Waals surface area contributed by atoms with E-state index in [4.69, 9.17) is 4.74 Å². The molecule has 1 amide bonds. The Bertz CT molecular complexity index is 923. The minimum absolute atomic E-state index is 0.134. The number of anilines is 1. The summed E-state index contributed by atoms with van der Waals surface area (Å²) in [5, 5.41) is 12.7. The van der Waals surface area contributed by atoms with Gasteiger partial charge in [0.1, 0.15) is 11.0 Å². The summed E-state index contributed by atoms with van der Waals surface area (Å²) in [5.74, 6) is -0.271. The lowest BCUT2D eigenvalue weighted by Crippen LogP contribution is -2.32. The number of hydrogen-bond acceptors (Lipinski definition) is 4. The highest BCUT2D eigenvalue weighted by Crippen LogP contribution is 2.34. The van der Waals surface area contributed by atoms with Crippen LogP contribution in [0.15, 0.2) is 67.3 Å². The molecular weight excluding hydrogens is 364 g/mol. The predicted octanol–water partition coefficient (Wildman–Crippen LogP) is 5.55. The standard InChI is InChI=1S/C24H26N2O3/c1-5-15-24(17-25,21(27)18-11-7-6-8-12-18)16-19-13-9-10-14-20(19)26-22(28)29-23(2,3)4/h5-14H,1,15-16H2,2-4H3,(H,26,28)/t24-/m0/s1. The van der Waals surface area contributed by atoms with Crippen molar-refractivity contribution < 1.29 is 14.3 Å². The maximum Gasteiger partial charge on any atom is 0.412 e. The summed E-state index contributed by atoms with van der Waals surface area (Å²) in [5.41, 5.74) is -0.318. The van der Waals surface area contributed by atoms with Crippen LogP contribution in [0.2, 0.25) is 0 Å². The van der Waals surface area contributed by atoms with Crippen LogP contribution >= 0.6 is 0 Å². The molecule has 0 spiro atoms. The smallest absolute Gasteiger partial charge is 0.412 e. The van der Waals surface area contributed by atoms with Crippen LogP contribution in [0.4, 0.5) is 10.5 Å². The lowest BCUT2D eigenvalue weighted by molar-refractivity contribution is 0.0635. The van der Waals surface area contributed by atoms with Crippen LogP contribution in [0.25, 0.3) is 0 Å². The van der Waals surface area contributed by atoms with Crippen molar-refractivity contribution in [1.82, 2.24) is 0 Å². The van der Waals surface area contributed by atoms with Crippen LogP contribution in [0, 0.1) is 16.7 Å². The molecule has 0 saturated carbocycles. The van der Waals surface area contributed by atoms with E-state index in [0.29, 0.717) is 16.8 Å². The first-order chi connectivity index (χ1) is 13.7. The molecule has 2 aromatic carbocycles. The fraction of sp³-hybridized carbons (Fsp3) is 0.292. The topological polar surface area (TPSA) is 79.2 Å². The Balaban J connectivity index is 2.38. The van der Waals surface area contributed by atoms with Crippen LogP contribution in [-0.2, 0) is 11.2 Å². The summed E-state index contributed by atoms with van der Waals surface area (Å²) in [4.78, 5) is 25.4. The molecule has 0 bridgehead atoms. The summed E-state index contributed by atoms with van der Waals surface area (Å²) < 4.78 is 5.32. The van der Waals surface area contributed by atoms with E-state index in [2.05, 4.69) is 18.0 Å². The van der Waals surface area contributed by atoms with E-state index in [0.717, 1.165) is 0 Å². The van der Waals surface area contributed by atoms with Crippen LogP contribution in [0.1, 0.15) is 43.1 Å². The minimum atomic E-state index is -1.32. The van der Waals surface area contributed by atoms with Gasteiger partial charge in [-0.25, -0.2) is 4.79 Å². The van der Waals surface area contributed by atoms with E-state index in [-0.39, 0.29) is 18.6 Å². The summed E-state index contributed by atoms with van der Waals surface area (Å²) in [6.07, 6.45) is 1.31. The molecule has 0 saturated heterocycles. The number of nitrogens with zero attached hydrogens (tertiary/aromatic N) is 1. The van der Waals surface area contributed by atoms with Gasteiger partial charge >= 0.3 is 6.09 Å². The van der Waals surface area contributed by atoms with E-state index >= 15 is 0 Å². The molecule has 0 aromatic heterocycles. The molecule has 0 fully saturated rings. The van der Waals surface area contributed by atoms with Crippen molar-refractivity contribution in [2.24, 2.45) is 5.41 Å². The van der Waals surface area contributed by atoms with Gasteiger partial charge in [-0.15, -0.1) is 6.58 Å². The fourth-order valence-corrected chi connectivity index (χ4v) is 3.03. The van der Waals surface area contributed by atoms with Crippen molar-refractivity contribution in [2.45, 2.75) is 39.2 Å². The maximum atomic E-state index is 13.2. The third-order valence-electron chi connectivity index (χ3n) is 4.32. The molecule has 0 heterocycles. The van der Waals surface area contributed by atoms with Crippen molar-refractivity contribution in [3.05, 3.63) is 78.4 Å². The molecule has 150 valence electrons. The van der Waals surface area contributed by atoms with Gasteiger partial charge in [0.2, 0.25) is 0 Å². The van der Waals surface area contributed by atoms with E-state index in [1.807, 2.05) is 6.07 Å². The number of Topliss-reactive ketones (excluding diaryl/α,β-unsaturated/α-hetero) is 1. The quantitative estimate of drug-likeness (QED) is 0.497. The van der Waals surface area contributed by atoms with E-state index < -0.39 is 17.1 Å². The lowest BCUT2D eigenvalue weighted by Gasteiger charge is -2.26. The Morgan fingerprint density at radius 3 is 2.31 bits per heavy atom. The number of ether oxygens (including phenoxy) is 1. The van der Waals surface area contributed by atoms with E-state index in [1.165, 1.54) is 0 Å². The summed E-state index contributed by atoms with van der Waals surface area (Å²) in [6.45, 7) is 9.07. The normalized spacial score (nSPS) is 12.9. The second kappa shape index (κ2) is 9.20. The number of carbonyl (C=O) groups is 2. The van der Waals surface area contributed by atoms with Gasteiger partial charge in [0.15, 0.2) is 5.78 Å². The highest BCUT2D eigenvalue weighted by atomic mass is 16.6. The Kier molecular flexibility index (Phi) is 6.95. The van der Waals surface area contributed by atoms with Gasteiger partial charge in [0.05, 0.1) is 6.07 Å². The first-order valence-electron chi connectivity index (χ1n) is 9.41. The van der Waals surface area contributed by atoms with Gasteiger partial charge in [-0.2, -0.15) is 5.26 Å². The Morgan fingerprint density at radius 2 is 1.72 bits per heavy atom. The monoisotopic (exact) mass is 390 g/mol. The van der Waals surface area contributed by atoms with Crippen LogP contribution in [0.3, 0.4) is 0 Å². The first-order valence-corrected chi connectivity index (χ1v) is 9.41. The average Bonchev–Trinajstić information content (AvgIpc) is 2.67. The fourth-order valence-electron chi connectivity index (χ4n) is 3.03. The summed E-state index contributed by atoms with van der Waals surface area (Å²) in [6, 6.07) is 18.1. The second-order valence-electron chi connectivity index (χ2n) is 7.84. The number of benzene rings is 2. The molecule has 0 unspecified atom stereocenters. The lowest BCUT2D eigenvalue weighted by atomic mass is 9.74. The molecular formula is C24H26N2O3. The number of nitriles is 1. The average molecular weight is 390 g/mol. The Labute approximate surface area is 172 Å². The summed E-state index contributed by atoms with van der Waals surface area (Å²) in [7, 11) is 0. The highest BCUT2D eigenvalue weighted by molar-refractivity contribution is 6.02. The third kappa shape index (κ3) is 5.79.